The topological polar surface area (TPSA) is 86.7 Å². The van der Waals surface area contributed by atoms with E-state index in [1.54, 1.807) is 12.5 Å². The summed E-state index contributed by atoms with van der Waals surface area (Å²) in [6.07, 6.45) is 2.23. The van der Waals surface area contributed by atoms with Gasteiger partial charge in [0.15, 0.2) is 52.3 Å². The Morgan fingerprint density at radius 3 is 1.54 bits per heavy atom. The van der Waals surface area contributed by atoms with Crippen molar-refractivity contribution < 1.29 is 63.8 Å². The molecule has 0 N–H and O–H groups in total. The van der Waals surface area contributed by atoms with E-state index in [0.29, 0.717) is 0 Å². The number of thioether (sulfide) groups is 2. The Morgan fingerprint density at radius 1 is 0.659 bits per heavy atom. The standard InChI is InChI=1S/C14H12F4O3S2.C11H8F4O3/c1-4-21-13(20)8(14(22-2)23-3)12(19)6-5-7(15)10(17)11(18)9(6)16;1-2-18-8(17)4-7(16)5-3-6(12)10(14)11(15)9(5)13/h5H,4H2,1-3H3;3H,2,4H2,1H3. The normalized spacial score (nSPS) is 10.3. The van der Waals surface area contributed by atoms with Gasteiger partial charge < -0.3 is 9.47 Å². The van der Waals surface area contributed by atoms with Gasteiger partial charge in [-0.05, 0) is 38.5 Å². The molecule has 0 spiro atoms. The zero-order valence-corrected chi connectivity index (χ0v) is 23.2. The van der Waals surface area contributed by atoms with Crippen LogP contribution in [0, 0.1) is 46.5 Å². The van der Waals surface area contributed by atoms with Crippen LogP contribution >= 0.6 is 23.5 Å². The lowest BCUT2D eigenvalue weighted by atomic mass is 10.0. The van der Waals surface area contributed by atoms with Gasteiger partial charge in [0.1, 0.15) is 12.0 Å². The van der Waals surface area contributed by atoms with Crippen molar-refractivity contribution in [3.63, 3.8) is 0 Å². The van der Waals surface area contributed by atoms with Gasteiger partial charge in [-0.3, -0.25) is 14.4 Å². The van der Waals surface area contributed by atoms with Gasteiger partial charge in [-0.25, -0.2) is 39.9 Å². The van der Waals surface area contributed by atoms with Gasteiger partial charge in [-0.15, -0.1) is 23.5 Å². The van der Waals surface area contributed by atoms with Crippen LogP contribution in [-0.4, -0.2) is 49.2 Å². The molecule has 0 saturated carbocycles. The molecule has 0 atom stereocenters. The molecule has 2 aromatic rings. The lowest BCUT2D eigenvalue weighted by Crippen LogP contribution is -2.19. The van der Waals surface area contributed by atoms with Crippen LogP contribution in [0.1, 0.15) is 41.0 Å². The second kappa shape index (κ2) is 16.1. The van der Waals surface area contributed by atoms with Crippen molar-refractivity contribution in [3.05, 3.63) is 79.6 Å². The van der Waals surface area contributed by atoms with Gasteiger partial charge in [0.2, 0.25) is 5.78 Å². The van der Waals surface area contributed by atoms with E-state index >= 15 is 0 Å². The lowest BCUT2D eigenvalue weighted by molar-refractivity contribution is -0.142. The summed E-state index contributed by atoms with van der Waals surface area (Å²) >= 11 is 2.02. The molecule has 2 rings (SSSR count). The fraction of sp³-hybridized carbons (Fsp3) is 0.280. The first-order valence-electron chi connectivity index (χ1n) is 11.1. The molecule has 41 heavy (non-hydrogen) atoms. The molecule has 0 aliphatic heterocycles. The highest BCUT2D eigenvalue weighted by Crippen LogP contribution is 2.31. The number of carbonyl (C=O) groups excluding carboxylic acids is 4. The Hall–Kier alpha value is -3.40. The molecule has 0 aliphatic rings. The summed E-state index contributed by atoms with van der Waals surface area (Å²) in [5.41, 5.74) is -2.67. The first kappa shape index (κ1) is 35.6. The number of hydrogen-bond acceptors (Lipinski definition) is 8. The van der Waals surface area contributed by atoms with Crippen molar-refractivity contribution in [2.45, 2.75) is 20.3 Å². The SMILES string of the molecule is CCOC(=O)C(C(=O)c1cc(F)c(F)c(F)c1F)=C(SC)SC.CCOC(=O)CC(=O)c1cc(F)c(F)c(F)c1F. The van der Waals surface area contributed by atoms with E-state index in [9.17, 15) is 54.3 Å². The van der Waals surface area contributed by atoms with Crippen molar-refractivity contribution in [1.82, 2.24) is 0 Å². The molecule has 16 heteroatoms. The number of Topliss-reactive ketones (excluding diaryl/α,β-unsaturated/α-hetero) is 2. The molecule has 0 unspecified atom stereocenters. The van der Waals surface area contributed by atoms with E-state index in [4.69, 9.17) is 4.74 Å². The molecular weight excluding hydrogens is 612 g/mol. The molecule has 224 valence electrons. The quantitative estimate of drug-likeness (QED) is 0.0441. The summed E-state index contributed by atoms with van der Waals surface area (Å²) in [6, 6.07) is 0.420. The average Bonchev–Trinajstić information content (AvgIpc) is 2.93. The Bertz CT molecular complexity index is 1370. The maximum atomic E-state index is 13.8. The smallest absolute Gasteiger partial charge is 0.343 e. The fourth-order valence-corrected chi connectivity index (χ4v) is 4.27. The first-order chi connectivity index (χ1) is 19.2. The predicted molar refractivity (Wildman–Crippen MR) is 133 cm³/mol. The first-order valence-corrected chi connectivity index (χ1v) is 13.5. The second-order valence-corrected chi connectivity index (χ2v) is 9.11. The minimum Gasteiger partial charge on any atom is -0.466 e. The maximum Gasteiger partial charge on any atom is 0.343 e. The maximum absolute atomic E-state index is 13.8. The number of benzene rings is 2. The van der Waals surface area contributed by atoms with Crippen molar-refractivity contribution in [1.29, 1.82) is 0 Å². The summed E-state index contributed by atoms with van der Waals surface area (Å²) in [7, 11) is 0. The second-order valence-electron chi connectivity index (χ2n) is 7.22. The predicted octanol–water partition coefficient (Wildman–Crippen LogP) is 6.31. The van der Waals surface area contributed by atoms with Crippen LogP contribution in [0.25, 0.3) is 0 Å². The minimum absolute atomic E-state index is 0.000730. The Morgan fingerprint density at radius 2 is 1.10 bits per heavy atom. The third-order valence-electron chi connectivity index (χ3n) is 4.64. The van der Waals surface area contributed by atoms with E-state index in [1.807, 2.05) is 0 Å². The lowest BCUT2D eigenvalue weighted by Gasteiger charge is -2.11. The van der Waals surface area contributed by atoms with Gasteiger partial charge in [0.05, 0.1) is 28.6 Å². The third-order valence-corrected chi connectivity index (χ3v) is 6.79. The van der Waals surface area contributed by atoms with Crippen molar-refractivity contribution in [3.8, 4) is 0 Å². The van der Waals surface area contributed by atoms with Gasteiger partial charge in [-0.1, -0.05) is 0 Å². The van der Waals surface area contributed by atoms with Crippen molar-refractivity contribution in [2.75, 3.05) is 25.7 Å². The van der Waals surface area contributed by atoms with Crippen LogP contribution in [0.3, 0.4) is 0 Å². The van der Waals surface area contributed by atoms with Gasteiger partial charge in [-0.2, -0.15) is 0 Å². The molecule has 0 heterocycles. The van der Waals surface area contributed by atoms with E-state index in [2.05, 4.69) is 4.74 Å². The average molecular weight is 633 g/mol. The number of rotatable bonds is 10. The fourth-order valence-electron chi connectivity index (χ4n) is 2.85. The molecule has 2 aromatic carbocycles. The number of esters is 2. The Kier molecular flexibility index (Phi) is 14.0. The van der Waals surface area contributed by atoms with Crippen molar-refractivity contribution in [2.24, 2.45) is 0 Å². The van der Waals surface area contributed by atoms with Crippen LogP contribution in [0.4, 0.5) is 35.1 Å². The number of carbonyl (C=O) groups is 4. The third kappa shape index (κ3) is 8.79. The van der Waals surface area contributed by atoms with Crippen LogP contribution in [-0.2, 0) is 19.1 Å². The summed E-state index contributed by atoms with van der Waals surface area (Å²) in [6.45, 7) is 2.93. The van der Waals surface area contributed by atoms with E-state index < -0.39 is 93.2 Å². The summed E-state index contributed by atoms with van der Waals surface area (Å²) in [5, 5.41) is 0. The molecule has 0 aromatic heterocycles. The Labute approximate surface area is 236 Å². The monoisotopic (exact) mass is 632 g/mol. The largest absolute Gasteiger partial charge is 0.466 e. The highest BCUT2D eigenvalue weighted by Gasteiger charge is 2.31. The van der Waals surface area contributed by atoms with Gasteiger partial charge in [0, 0.05) is 0 Å². The van der Waals surface area contributed by atoms with Crippen LogP contribution in [0.5, 0.6) is 0 Å². The Balaban J connectivity index is 0.000000422. The van der Waals surface area contributed by atoms with Crippen LogP contribution < -0.4 is 0 Å². The molecule has 0 bridgehead atoms. The van der Waals surface area contributed by atoms with E-state index in [-0.39, 0.29) is 29.6 Å². The number of ketones is 2. The molecule has 0 aliphatic carbocycles. The highest BCUT2D eigenvalue weighted by atomic mass is 32.2. The zero-order valence-electron chi connectivity index (χ0n) is 21.6. The number of halogens is 8. The van der Waals surface area contributed by atoms with Crippen LogP contribution in [0.2, 0.25) is 0 Å². The summed E-state index contributed by atoms with van der Waals surface area (Å²) in [5.74, 6) is -19.9. The summed E-state index contributed by atoms with van der Waals surface area (Å²) in [4.78, 5) is 46.6. The molecule has 6 nitrogen and oxygen atoms in total. The molecule has 0 saturated heterocycles. The molecule has 0 radical (unpaired) electrons. The molecule has 0 fully saturated rings. The number of hydrogen-bond donors (Lipinski definition) is 0. The minimum atomic E-state index is -2.12. The molecule has 0 amide bonds. The van der Waals surface area contributed by atoms with Crippen molar-refractivity contribution >= 4 is 47.0 Å². The van der Waals surface area contributed by atoms with Gasteiger partial charge >= 0.3 is 11.9 Å². The summed E-state index contributed by atoms with van der Waals surface area (Å²) < 4.78 is 114. The number of ether oxygens (including phenoxy) is 2. The molecular formula is C25H20F8O6S2. The van der Waals surface area contributed by atoms with E-state index in [1.165, 1.54) is 13.8 Å². The van der Waals surface area contributed by atoms with E-state index in [0.717, 1.165) is 23.5 Å². The zero-order chi connectivity index (χ0) is 31.6. The highest BCUT2D eigenvalue weighted by molar-refractivity contribution is 8.21. The van der Waals surface area contributed by atoms with Gasteiger partial charge in [0.25, 0.3) is 0 Å². The van der Waals surface area contributed by atoms with Crippen LogP contribution in [0.15, 0.2) is 21.9 Å².